The first-order valence-corrected chi connectivity index (χ1v) is 8.92. The van der Waals surface area contributed by atoms with Crippen LogP contribution in [0.3, 0.4) is 0 Å². The predicted molar refractivity (Wildman–Crippen MR) is 96.3 cm³/mol. The van der Waals surface area contributed by atoms with Crippen molar-refractivity contribution in [1.29, 1.82) is 0 Å². The van der Waals surface area contributed by atoms with Crippen molar-refractivity contribution in [2.45, 2.75) is 38.7 Å². The Hall–Kier alpha value is -2.25. The van der Waals surface area contributed by atoms with E-state index in [1.165, 1.54) is 17.1 Å². The molecule has 6 nitrogen and oxygen atoms in total. The molecule has 7 heteroatoms. The molecule has 1 aliphatic heterocycles. The summed E-state index contributed by atoms with van der Waals surface area (Å²) in [6.45, 7) is 8.81. The average molecular weight is 356 g/mol. The predicted octanol–water partition coefficient (Wildman–Crippen LogP) is 3.52. The Morgan fingerprint density at radius 3 is 2.76 bits per heavy atom. The Morgan fingerprint density at radius 2 is 2.12 bits per heavy atom. The SMILES string of the molecule is Cc1cc([C@](C)(O)c2ccc3c(c2)N(c2ncns2)CC3(C)C)no1. The molecule has 0 saturated heterocycles. The largest absolute Gasteiger partial charge is 0.379 e. The molecule has 0 spiro atoms. The molecule has 0 aliphatic carbocycles. The van der Waals surface area contributed by atoms with Gasteiger partial charge in [0.25, 0.3) is 0 Å². The van der Waals surface area contributed by atoms with E-state index in [0.717, 1.165) is 22.9 Å². The molecule has 0 bridgehead atoms. The van der Waals surface area contributed by atoms with Crippen LogP contribution < -0.4 is 4.90 Å². The summed E-state index contributed by atoms with van der Waals surface area (Å²) in [5.41, 5.74) is 2.33. The van der Waals surface area contributed by atoms with Gasteiger partial charge in [0.1, 0.15) is 23.4 Å². The highest BCUT2D eigenvalue weighted by Crippen LogP contribution is 2.46. The number of anilines is 2. The Labute approximate surface area is 150 Å². The summed E-state index contributed by atoms with van der Waals surface area (Å²) in [5, 5.41) is 15.9. The van der Waals surface area contributed by atoms with Crippen LogP contribution >= 0.6 is 11.5 Å². The summed E-state index contributed by atoms with van der Waals surface area (Å²) in [4.78, 5) is 6.53. The van der Waals surface area contributed by atoms with Crippen molar-refractivity contribution in [1.82, 2.24) is 14.5 Å². The van der Waals surface area contributed by atoms with Crippen LogP contribution in [-0.2, 0) is 11.0 Å². The highest BCUT2D eigenvalue weighted by Gasteiger charge is 2.39. The van der Waals surface area contributed by atoms with Crippen molar-refractivity contribution in [2.75, 3.05) is 11.4 Å². The molecule has 130 valence electrons. The molecule has 1 atom stereocenters. The maximum absolute atomic E-state index is 11.1. The molecule has 2 aromatic heterocycles. The number of hydrogen-bond acceptors (Lipinski definition) is 7. The summed E-state index contributed by atoms with van der Waals surface area (Å²) >= 11 is 1.37. The van der Waals surface area contributed by atoms with E-state index in [2.05, 4.69) is 39.3 Å². The summed E-state index contributed by atoms with van der Waals surface area (Å²) < 4.78 is 9.27. The molecule has 1 aromatic carbocycles. The first-order valence-electron chi connectivity index (χ1n) is 8.14. The van der Waals surface area contributed by atoms with Gasteiger partial charge in [-0.1, -0.05) is 31.1 Å². The van der Waals surface area contributed by atoms with Crippen molar-refractivity contribution in [3.05, 3.63) is 53.2 Å². The maximum Gasteiger partial charge on any atom is 0.209 e. The van der Waals surface area contributed by atoms with Crippen LogP contribution in [-0.4, -0.2) is 26.2 Å². The van der Waals surface area contributed by atoms with Gasteiger partial charge in [-0.05, 0) is 31.0 Å². The average Bonchev–Trinajstić information content (AvgIpc) is 3.27. The third-order valence-corrected chi connectivity index (χ3v) is 5.53. The van der Waals surface area contributed by atoms with Crippen LogP contribution in [0.5, 0.6) is 0 Å². The summed E-state index contributed by atoms with van der Waals surface area (Å²) in [6, 6.07) is 7.84. The summed E-state index contributed by atoms with van der Waals surface area (Å²) in [5.74, 6) is 0.674. The Bertz CT molecular complexity index is 915. The van der Waals surface area contributed by atoms with Crippen LogP contribution in [0.15, 0.2) is 35.1 Å². The molecule has 4 rings (SSSR count). The standard InChI is InChI=1S/C18H20N4O2S/c1-11-7-15(21-24-11)18(4,23)12-5-6-13-14(8-12)22(9-17(13,2)3)16-19-10-20-25-16/h5-8,10,23H,9H2,1-4H3/t18-/m1/s1. The second kappa shape index (κ2) is 5.37. The summed E-state index contributed by atoms with van der Waals surface area (Å²) in [7, 11) is 0. The van der Waals surface area contributed by atoms with E-state index in [9.17, 15) is 5.11 Å². The quantitative estimate of drug-likeness (QED) is 0.774. The van der Waals surface area contributed by atoms with E-state index < -0.39 is 5.60 Å². The number of fused-ring (bicyclic) bond motifs is 1. The summed E-state index contributed by atoms with van der Waals surface area (Å²) in [6.07, 6.45) is 1.57. The van der Waals surface area contributed by atoms with Gasteiger partial charge in [-0.15, -0.1) is 0 Å². The molecule has 0 unspecified atom stereocenters. The topological polar surface area (TPSA) is 75.3 Å². The minimum atomic E-state index is -1.23. The van der Waals surface area contributed by atoms with Gasteiger partial charge >= 0.3 is 0 Å². The van der Waals surface area contributed by atoms with Gasteiger partial charge in [-0.3, -0.25) is 0 Å². The van der Waals surface area contributed by atoms with Gasteiger partial charge in [0.05, 0.1) is 0 Å². The molecule has 1 N–H and O–H groups in total. The minimum absolute atomic E-state index is 0.00410. The minimum Gasteiger partial charge on any atom is -0.379 e. The number of aliphatic hydroxyl groups is 1. The van der Waals surface area contributed by atoms with Crippen LogP contribution in [0.1, 0.15) is 43.4 Å². The lowest BCUT2D eigenvalue weighted by molar-refractivity contribution is 0.0932. The van der Waals surface area contributed by atoms with Crippen molar-refractivity contribution >= 4 is 22.4 Å². The monoisotopic (exact) mass is 356 g/mol. The number of hydrogen-bond donors (Lipinski definition) is 1. The molecule has 0 radical (unpaired) electrons. The van der Waals surface area contributed by atoms with Gasteiger partial charge in [-0.25, -0.2) is 4.98 Å². The Balaban J connectivity index is 1.82. The van der Waals surface area contributed by atoms with E-state index in [1.54, 1.807) is 19.3 Å². The number of aryl methyl sites for hydroxylation is 1. The zero-order valence-corrected chi connectivity index (χ0v) is 15.5. The molecule has 1 aliphatic rings. The third kappa shape index (κ3) is 2.54. The van der Waals surface area contributed by atoms with Crippen LogP contribution in [0, 0.1) is 6.92 Å². The van der Waals surface area contributed by atoms with Gasteiger partial charge in [0, 0.05) is 35.2 Å². The fourth-order valence-corrected chi connectivity index (χ4v) is 3.94. The molecule has 3 heterocycles. The fourth-order valence-electron chi connectivity index (χ4n) is 3.40. The molecule has 0 amide bonds. The van der Waals surface area contributed by atoms with E-state index in [4.69, 9.17) is 4.52 Å². The van der Waals surface area contributed by atoms with Gasteiger partial charge in [0.2, 0.25) is 5.13 Å². The lowest BCUT2D eigenvalue weighted by Crippen LogP contribution is -2.24. The van der Waals surface area contributed by atoms with Crippen molar-refractivity contribution < 1.29 is 9.63 Å². The normalized spacial score (nSPS) is 18.2. The molecular weight excluding hydrogens is 336 g/mol. The number of nitrogens with zero attached hydrogens (tertiary/aromatic N) is 4. The number of rotatable bonds is 3. The molecule has 25 heavy (non-hydrogen) atoms. The first-order chi connectivity index (χ1) is 11.8. The van der Waals surface area contributed by atoms with Gasteiger partial charge in [0.15, 0.2) is 0 Å². The van der Waals surface area contributed by atoms with Crippen molar-refractivity contribution in [3.63, 3.8) is 0 Å². The molecule has 3 aromatic rings. The highest BCUT2D eigenvalue weighted by molar-refractivity contribution is 7.09. The zero-order chi connectivity index (χ0) is 17.8. The Morgan fingerprint density at radius 1 is 1.32 bits per heavy atom. The number of aromatic nitrogens is 3. The zero-order valence-electron chi connectivity index (χ0n) is 14.6. The van der Waals surface area contributed by atoms with Crippen molar-refractivity contribution in [3.8, 4) is 0 Å². The van der Waals surface area contributed by atoms with E-state index in [-0.39, 0.29) is 5.41 Å². The first kappa shape index (κ1) is 16.2. The van der Waals surface area contributed by atoms with E-state index in [0.29, 0.717) is 11.5 Å². The smallest absolute Gasteiger partial charge is 0.209 e. The van der Waals surface area contributed by atoms with Gasteiger partial charge < -0.3 is 14.5 Å². The van der Waals surface area contributed by atoms with Crippen LogP contribution in [0.4, 0.5) is 10.8 Å². The second-order valence-corrected chi connectivity index (χ2v) is 8.08. The number of benzene rings is 1. The second-order valence-electron chi connectivity index (χ2n) is 7.32. The molecule has 0 fully saturated rings. The lowest BCUT2D eigenvalue weighted by atomic mass is 9.84. The van der Waals surface area contributed by atoms with Crippen molar-refractivity contribution in [2.24, 2.45) is 0 Å². The molecule has 0 saturated carbocycles. The third-order valence-electron chi connectivity index (χ3n) is 4.84. The Kier molecular flexibility index (Phi) is 3.49. The lowest BCUT2D eigenvalue weighted by Gasteiger charge is -2.23. The highest BCUT2D eigenvalue weighted by atomic mass is 32.1. The van der Waals surface area contributed by atoms with Crippen LogP contribution in [0.2, 0.25) is 0 Å². The fraction of sp³-hybridized carbons (Fsp3) is 0.389. The van der Waals surface area contributed by atoms with E-state index >= 15 is 0 Å². The maximum atomic E-state index is 11.1. The molecular formula is C18H20N4O2S. The van der Waals surface area contributed by atoms with Crippen LogP contribution in [0.25, 0.3) is 0 Å². The van der Waals surface area contributed by atoms with Gasteiger partial charge in [-0.2, -0.15) is 4.37 Å². The van der Waals surface area contributed by atoms with E-state index in [1.807, 2.05) is 19.1 Å².